The van der Waals surface area contributed by atoms with Crippen molar-refractivity contribution in [2.24, 2.45) is 11.7 Å². The molecular weight excluding hydrogens is 318 g/mol. The molecule has 1 aromatic carbocycles. The summed E-state index contributed by atoms with van der Waals surface area (Å²) in [5.74, 6) is -1.87. The molecule has 0 unspecified atom stereocenters. The third-order valence-corrected chi connectivity index (χ3v) is 4.11. The van der Waals surface area contributed by atoms with Gasteiger partial charge >= 0.3 is 0 Å². The van der Waals surface area contributed by atoms with Crippen LogP contribution >= 0.6 is 15.9 Å². The highest BCUT2D eigenvalue weighted by Gasteiger charge is 2.27. The van der Waals surface area contributed by atoms with E-state index in [0.717, 1.165) is 18.9 Å². The fraction of sp³-hybridized carbons (Fsp3) is 0.462. The van der Waals surface area contributed by atoms with Crippen LogP contribution in [0.5, 0.6) is 0 Å². The van der Waals surface area contributed by atoms with Gasteiger partial charge in [-0.25, -0.2) is 8.78 Å². The Kier molecular flexibility index (Phi) is 4.52. The summed E-state index contributed by atoms with van der Waals surface area (Å²) in [5.41, 5.74) is 5.09. The van der Waals surface area contributed by atoms with Crippen molar-refractivity contribution in [3.05, 3.63) is 33.8 Å². The van der Waals surface area contributed by atoms with E-state index in [1.165, 1.54) is 11.0 Å². The molecule has 0 radical (unpaired) electrons. The van der Waals surface area contributed by atoms with Gasteiger partial charge in [-0.2, -0.15) is 0 Å². The van der Waals surface area contributed by atoms with Crippen LogP contribution < -0.4 is 5.73 Å². The third-order valence-electron chi connectivity index (χ3n) is 3.49. The highest BCUT2D eigenvalue weighted by Crippen LogP contribution is 2.25. The van der Waals surface area contributed by atoms with Gasteiger partial charge in [0, 0.05) is 13.1 Å². The van der Waals surface area contributed by atoms with Crippen LogP contribution in [-0.4, -0.2) is 30.4 Å². The van der Waals surface area contributed by atoms with Crippen molar-refractivity contribution in [1.82, 2.24) is 4.90 Å². The predicted molar refractivity (Wildman–Crippen MR) is 71.7 cm³/mol. The Balaban J connectivity index is 2.19. The standard InChI is InChI=1S/C13H15BrF2N2O/c14-9-1-2-10(15)11(12(9)16)13(19)18-5-3-8(7-17)4-6-18/h1-2,8H,3-7,17H2. The lowest BCUT2D eigenvalue weighted by atomic mass is 9.96. The molecule has 1 aliphatic rings. The molecule has 1 fully saturated rings. The minimum atomic E-state index is -0.842. The molecule has 104 valence electrons. The van der Waals surface area contributed by atoms with Gasteiger partial charge in [-0.3, -0.25) is 4.79 Å². The van der Waals surface area contributed by atoms with Gasteiger partial charge in [0.2, 0.25) is 0 Å². The quantitative estimate of drug-likeness (QED) is 0.846. The Hall–Kier alpha value is -1.01. The summed E-state index contributed by atoms with van der Waals surface area (Å²) < 4.78 is 27.6. The maximum atomic E-state index is 13.9. The van der Waals surface area contributed by atoms with E-state index in [1.54, 1.807) is 0 Å². The van der Waals surface area contributed by atoms with Gasteiger partial charge < -0.3 is 10.6 Å². The average Bonchev–Trinajstić information content (AvgIpc) is 2.43. The maximum Gasteiger partial charge on any atom is 0.259 e. The number of rotatable bonds is 2. The molecule has 1 amide bonds. The van der Waals surface area contributed by atoms with Crippen LogP contribution in [0.4, 0.5) is 8.78 Å². The van der Waals surface area contributed by atoms with Gasteiger partial charge in [0.1, 0.15) is 11.4 Å². The molecular formula is C13H15BrF2N2O. The molecule has 1 saturated heterocycles. The first-order valence-corrected chi connectivity index (χ1v) is 6.96. The number of hydrogen-bond acceptors (Lipinski definition) is 2. The fourth-order valence-corrected chi connectivity index (χ4v) is 2.58. The summed E-state index contributed by atoms with van der Waals surface area (Å²) in [6, 6.07) is 2.34. The Morgan fingerprint density at radius 2 is 2.00 bits per heavy atom. The minimum absolute atomic E-state index is 0.0918. The van der Waals surface area contributed by atoms with Crippen LogP contribution in [0.3, 0.4) is 0 Å². The maximum absolute atomic E-state index is 13.9. The number of carbonyl (C=O) groups is 1. The van der Waals surface area contributed by atoms with E-state index in [1.807, 2.05) is 0 Å². The Morgan fingerprint density at radius 3 is 2.58 bits per heavy atom. The van der Waals surface area contributed by atoms with Gasteiger partial charge in [-0.15, -0.1) is 0 Å². The number of amides is 1. The Morgan fingerprint density at radius 1 is 1.37 bits per heavy atom. The van der Waals surface area contributed by atoms with Crippen molar-refractivity contribution >= 4 is 21.8 Å². The number of halogens is 3. The molecule has 2 N–H and O–H groups in total. The lowest BCUT2D eigenvalue weighted by Gasteiger charge is -2.31. The number of carbonyl (C=O) groups excluding carboxylic acids is 1. The SMILES string of the molecule is NCC1CCN(C(=O)c2c(F)ccc(Br)c2F)CC1. The van der Waals surface area contributed by atoms with E-state index in [2.05, 4.69) is 15.9 Å². The van der Waals surface area contributed by atoms with Crippen LogP contribution in [0.1, 0.15) is 23.2 Å². The topological polar surface area (TPSA) is 46.3 Å². The molecule has 1 aliphatic heterocycles. The zero-order valence-electron chi connectivity index (χ0n) is 10.3. The fourth-order valence-electron chi connectivity index (χ4n) is 2.25. The van der Waals surface area contributed by atoms with Crippen molar-refractivity contribution in [1.29, 1.82) is 0 Å². The number of likely N-dealkylation sites (tertiary alicyclic amines) is 1. The number of piperidine rings is 1. The van der Waals surface area contributed by atoms with E-state index in [0.29, 0.717) is 25.6 Å². The first kappa shape index (κ1) is 14.4. The smallest absolute Gasteiger partial charge is 0.259 e. The van der Waals surface area contributed by atoms with E-state index < -0.39 is 23.1 Å². The van der Waals surface area contributed by atoms with Crippen molar-refractivity contribution in [2.45, 2.75) is 12.8 Å². The minimum Gasteiger partial charge on any atom is -0.338 e. The van der Waals surface area contributed by atoms with E-state index in [-0.39, 0.29) is 4.47 Å². The molecule has 0 atom stereocenters. The Labute approximate surface area is 118 Å². The van der Waals surface area contributed by atoms with Crippen LogP contribution in [0, 0.1) is 17.6 Å². The summed E-state index contributed by atoms with van der Waals surface area (Å²) in [5, 5.41) is 0. The van der Waals surface area contributed by atoms with Gasteiger partial charge in [-0.05, 0) is 53.4 Å². The molecule has 0 bridgehead atoms. The molecule has 2 rings (SSSR count). The number of benzene rings is 1. The normalized spacial score (nSPS) is 16.7. The van der Waals surface area contributed by atoms with Crippen LogP contribution in [-0.2, 0) is 0 Å². The molecule has 0 spiro atoms. The highest BCUT2D eigenvalue weighted by atomic mass is 79.9. The summed E-state index contributed by atoms with van der Waals surface area (Å²) >= 11 is 2.96. The van der Waals surface area contributed by atoms with Gasteiger partial charge in [0.25, 0.3) is 5.91 Å². The monoisotopic (exact) mass is 332 g/mol. The second kappa shape index (κ2) is 5.96. The zero-order chi connectivity index (χ0) is 14.0. The highest BCUT2D eigenvalue weighted by molar-refractivity contribution is 9.10. The first-order valence-electron chi connectivity index (χ1n) is 6.17. The molecule has 3 nitrogen and oxygen atoms in total. The number of nitrogens with zero attached hydrogens (tertiary/aromatic N) is 1. The van der Waals surface area contributed by atoms with Crippen LogP contribution in [0.2, 0.25) is 0 Å². The largest absolute Gasteiger partial charge is 0.338 e. The van der Waals surface area contributed by atoms with Gasteiger partial charge in [0.05, 0.1) is 4.47 Å². The van der Waals surface area contributed by atoms with E-state index >= 15 is 0 Å². The lowest BCUT2D eigenvalue weighted by molar-refractivity contribution is 0.0683. The average molecular weight is 333 g/mol. The number of nitrogens with two attached hydrogens (primary N) is 1. The summed E-state index contributed by atoms with van der Waals surface area (Å²) in [6.45, 7) is 1.57. The van der Waals surface area contributed by atoms with Crippen molar-refractivity contribution in [2.75, 3.05) is 19.6 Å². The molecule has 0 saturated carbocycles. The molecule has 1 aromatic rings. The molecule has 0 aliphatic carbocycles. The van der Waals surface area contributed by atoms with Crippen molar-refractivity contribution in [3.63, 3.8) is 0 Å². The molecule has 6 heteroatoms. The third kappa shape index (κ3) is 2.95. The van der Waals surface area contributed by atoms with E-state index in [4.69, 9.17) is 5.73 Å². The van der Waals surface area contributed by atoms with Gasteiger partial charge in [-0.1, -0.05) is 0 Å². The zero-order valence-corrected chi connectivity index (χ0v) is 11.9. The second-order valence-electron chi connectivity index (χ2n) is 4.69. The summed E-state index contributed by atoms with van der Waals surface area (Å²) in [6.07, 6.45) is 1.55. The molecule has 1 heterocycles. The second-order valence-corrected chi connectivity index (χ2v) is 5.54. The lowest BCUT2D eigenvalue weighted by Crippen LogP contribution is -2.40. The van der Waals surface area contributed by atoms with Crippen LogP contribution in [0.15, 0.2) is 16.6 Å². The van der Waals surface area contributed by atoms with Crippen molar-refractivity contribution in [3.8, 4) is 0 Å². The number of hydrogen-bond donors (Lipinski definition) is 1. The van der Waals surface area contributed by atoms with Gasteiger partial charge in [0.15, 0.2) is 5.82 Å². The first-order chi connectivity index (χ1) is 9.04. The summed E-state index contributed by atoms with van der Waals surface area (Å²) in [7, 11) is 0. The van der Waals surface area contributed by atoms with Crippen LogP contribution in [0.25, 0.3) is 0 Å². The van der Waals surface area contributed by atoms with E-state index in [9.17, 15) is 13.6 Å². The summed E-state index contributed by atoms with van der Waals surface area (Å²) in [4.78, 5) is 13.7. The molecule has 19 heavy (non-hydrogen) atoms. The Bertz CT molecular complexity index is 488. The molecule has 0 aromatic heterocycles. The van der Waals surface area contributed by atoms with Crippen molar-refractivity contribution < 1.29 is 13.6 Å². The predicted octanol–water partition coefficient (Wildman–Crippen LogP) is 2.54.